The van der Waals surface area contributed by atoms with Crippen molar-refractivity contribution in [3.63, 3.8) is 0 Å². The number of aliphatic carboxylic acids is 1. The highest BCUT2D eigenvalue weighted by Crippen LogP contribution is 2.30. The Labute approximate surface area is 63.4 Å². The first-order valence-electron chi connectivity index (χ1n) is 3.24. The summed E-state index contributed by atoms with van der Waals surface area (Å²) in [5, 5.41) is 24.0. The molecule has 11 heavy (non-hydrogen) atoms. The van der Waals surface area contributed by atoms with Crippen LogP contribution in [-0.4, -0.2) is 22.7 Å². The highest BCUT2D eigenvalue weighted by molar-refractivity contribution is 5.85. The van der Waals surface area contributed by atoms with E-state index in [1.807, 2.05) is 0 Å². The van der Waals surface area contributed by atoms with E-state index < -0.39 is 17.6 Å². The van der Waals surface area contributed by atoms with Gasteiger partial charge in [0.1, 0.15) is 12.1 Å². The van der Waals surface area contributed by atoms with Gasteiger partial charge in [0.2, 0.25) is 0 Å². The van der Waals surface area contributed by atoms with Crippen molar-refractivity contribution in [2.75, 3.05) is 0 Å². The maximum absolute atomic E-state index is 10.5. The highest BCUT2D eigenvalue weighted by Gasteiger charge is 2.53. The summed E-state index contributed by atoms with van der Waals surface area (Å²) < 4.78 is 0. The topological polar surface area (TPSA) is 85.8 Å². The fourth-order valence-corrected chi connectivity index (χ4v) is 0.962. The molecule has 0 saturated heterocycles. The van der Waals surface area contributed by atoms with Gasteiger partial charge in [-0.3, -0.25) is 0 Å². The second-order valence-corrected chi connectivity index (χ2v) is 2.32. The highest BCUT2D eigenvalue weighted by atomic mass is 16.4. The van der Waals surface area contributed by atoms with Crippen LogP contribution < -0.4 is 0 Å². The third-order valence-corrected chi connectivity index (χ3v) is 1.72. The number of carboxylic acids is 1. The zero-order chi connectivity index (χ0) is 8.48. The second-order valence-electron chi connectivity index (χ2n) is 2.32. The first kappa shape index (κ1) is 7.66. The number of nitrogens with zero attached hydrogens (tertiary/aromatic N) is 3. The molecule has 0 amide bonds. The quantitative estimate of drug-likeness (QED) is 0.629. The largest absolute Gasteiger partial charge is 0.479 e. The van der Waals surface area contributed by atoms with Crippen molar-refractivity contribution in [1.29, 1.82) is 5.26 Å². The number of rotatable bonds is 2. The van der Waals surface area contributed by atoms with E-state index in [4.69, 9.17) is 10.4 Å². The molecule has 5 nitrogen and oxygen atoms in total. The van der Waals surface area contributed by atoms with Gasteiger partial charge in [0, 0.05) is 0 Å². The molecular formula is C6H7N3O2. The first-order chi connectivity index (χ1) is 5.17. The Morgan fingerprint density at radius 1 is 1.91 bits per heavy atom. The van der Waals surface area contributed by atoms with Gasteiger partial charge in [-0.1, -0.05) is 6.92 Å². The van der Waals surface area contributed by atoms with Crippen molar-refractivity contribution in [1.82, 2.24) is 0 Å². The lowest BCUT2D eigenvalue weighted by Gasteiger charge is -2.28. The van der Waals surface area contributed by atoms with E-state index in [1.165, 1.54) is 0 Å². The Kier molecular flexibility index (Phi) is 1.61. The Hall–Kier alpha value is -1.44. The predicted molar refractivity (Wildman–Crippen MR) is 34.9 cm³/mol. The Morgan fingerprint density at radius 3 is 2.64 bits per heavy atom. The zero-order valence-electron chi connectivity index (χ0n) is 5.98. The van der Waals surface area contributed by atoms with Gasteiger partial charge >= 0.3 is 5.97 Å². The van der Waals surface area contributed by atoms with Crippen LogP contribution in [0.3, 0.4) is 0 Å². The van der Waals surface area contributed by atoms with Gasteiger partial charge in [-0.25, -0.2) is 4.79 Å². The van der Waals surface area contributed by atoms with Crippen molar-refractivity contribution in [3.05, 3.63) is 0 Å². The Bertz CT molecular complexity index is 255. The summed E-state index contributed by atoms with van der Waals surface area (Å²) in [6.45, 7) is 1.78. The summed E-state index contributed by atoms with van der Waals surface area (Å²) in [6, 6.07) is 1.19. The minimum atomic E-state index is -1.59. The average molecular weight is 153 g/mol. The van der Waals surface area contributed by atoms with Gasteiger partial charge in [-0.15, -0.1) is 0 Å². The summed E-state index contributed by atoms with van der Waals surface area (Å²) in [7, 11) is 0. The summed E-state index contributed by atoms with van der Waals surface area (Å²) in [5.41, 5.74) is -1.59. The maximum Gasteiger partial charge on any atom is 0.350 e. The fraction of sp³-hybridized carbons (Fsp3) is 0.667. The molecule has 1 N–H and O–H groups in total. The molecular weight excluding hydrogens is 146 g/mol. The molecule has 0 aromatic carbocycles. The van der Waals surface area contributed by atoms with Gasteiger partial charge in [-0.2, -0.15) is 15.5 Å². The lowest BCUT2D eigenvalue weighted by Crippen LogP contribution is -2.50. The third-order valence-electron chi connectivity index (χ3n) is 1.72. The Morgan fingerprint density at radius 2 is 2.55 bits per heavy atom. The summed E-state index contributed by atoms with van der Waals surface area (Å²) in [5.74, 6) is -1.21. The lowest BCUT2D eigenvalue weighted by atomic mass is 9.89. The molecule has 0 aromatic rings. The van der Waals surface area contributed by atoms with Gasteiger partial charge in [-0.05, 0) is 6.42 Å². The van der Waals surface area contributed by atoms with Crippen molar-refractivity contribution < 1.29 is 9.90 Å². The number of hydrogen-bond donors (Lipinski definition) is 1. The summed E-state index contributed by atoms with van der Waals surface area (Å²) in [6.07, 6.45) is 0.531. The van der Waals surface area contributed by atoms with Crippen molar-refractivity contribution >= 4 is 5.97 Å². The summed E-state index contributed by atoms with van der Waals surface area (Å²) in [4.78, 5) is 10.5. The van der Waals surface area contributed by atoms with E-state index in [0.717, 1.165) is 0 Å². The van der Waals surface area contributed by atoms with E-state index in [0.29, 0.717) is 6.42 Å². The van der Waals surface area contributed by atoms with Crippen molar-refractivity contribution in [2.45, 2.75) is 24.9 Å². The molecule has 2 unspecified atom stereocenters. The number of hydrogen-bond acceptors (Lipinski definition) is 4. The van der Waals surface area contributed by atoms with Crippen LogP contribution in [0.25, 0.3) is 0 Å². The molecule has 0 bridgehead atoms. The molecule has 1 aliphatic heterocycles. The molecule has 0 aliphatic carbocycles. The van der Waals surface area contributed by atoms with Gasteiger partial charge in [0.25, 0.3) is 5.54 Å². The molecule has 5 heteroatoms. The molecule has 0 saturated carbocycles. The molecule has 1 heterocycles. The number of carboxylic acid groups (broad SMARTS) is 1. The van der Waals surface area contributed by atoms with Gasteiger partial charge < -0.3 is 5.11 Å². The lowest BCUT2D eigenvalue weighted by molar-refractivity contribution is -0.143. The van der Waals surface area contributed by atoms with Crippen LogP contribution in [0.2, 0.25) is 0 Å². The predicted octanol–water partition coefficient (Wildman–Crippen LogP) is 0.578. The van der Waals surface area contributed by atoms with Gasteiger partial charge in [0.05, 0.1) is 0 Å². The van der Waals surface area contributed by atoms with Crippen LogP contribution in [0.1, 0.15) is 13.3 Å². The summed E-state index contributed by atoms with van der Waals surface area (Å²) >= 11 is 0. The second kappa shape index (κ2) is 2.31. The monoisotopic (exact) mass is 153 g/mol. The maximum atomic E-state index is 10.5. The molecule has 0 radical (unpaired) electrons. The standard InChI is InChI=1S/C6H7N3O2/c1-2-4-6(3-7,5(10)11)9-8-4/h4H,2H2,1H3,(H,10,11). The van der Waals surface area contributed by atoms with Crippen LogP contribution in [0, 0.1) is 11.3 Å². The van der Waals surface area contributed by atoms with E-state index in [9.17, 15) is 4.79 Å². The van der Waals surface area contributed by atoms with E-state index in [-0.39, 0.29) is 0 Å². The normalized spacial score (nSPS) is 34.0. The SMILES string of the molecule is CCC1N=NC1(C#N)C(=O)O. The molecule has 1 rings (SSSR count). The van der Waals surface area contributed by atoms with E-state index in [1.54, 1.807) is 13.0 Å². The van der Waals surface area contributed by atoms with Crippen LogP contribution in [0.4, 0.5) is 0 Å². The number of nitriles is 1. The fourth-order valence-electron chi connectivity index (χ4n) is 0.962. The molecule has 2 atom stereocenters. The zero-order valence-corrected chi connectivity index (χ0v) is 5.98. The first-order valence-corrected chi connectivity index (χ1v) is 3.24. The smallest absolute Gasteiger partial charge is 0.350 e. The van der Waals surface area contributed by atoms with Crippen molar-refractivity contribution in [3.8, 4) is 6.07 Å². The van der Waals surface area contributed by atoms with Gasteiger partial charge in [0.15, 0.2) is 0 Å². The molecule has 58 valence electrons. The van der Waals surface area contributed by atoms with E-state index in [2.05, 4.69) is 10.2 Å². The average Bonchev–Trinajstić information content (AvgIpc) is 1.87. The van der Waals surface area contributed by atoms with Crippen LogP contribution >= 0.6 is 0 Å². The third kappa shape index (κ3) is 0.792. The molecule has 0 spiro atoms. The Balaban J connectivity index is 2.91. The van der Waals surface area contributed by atoms with Crippen LogP contribution in [-0.2, 0) is 4.79 Å². The van der Waals surface area contributed by atoms with Crippen LogP contribution in [0.5, 0.6) is 0 Å². The number of carbonyl (C=O) groups is 1. The van der Waals surface area contributed by atoms with E-state index >= 15 is 0 Å². The van der Waals surface area contributed by atoms with Crippen LogP contribution in [0.15, 0.2) is 10.2 Å². The molecule has 0 fully saturated rings. The minimum Gasteiger partial charge on any atom is -0.479 e. The minimum absolute atomic E-state index is 0.468. The van der Waals surface area contributed by atoms with Crippen molar-refractivity contribution in [2.24, 2.45) is 10.2 Å². The molecule has 0 aromatic heterocycles. The molecule has 1 aliphatic rings. The number of azo groups is 1.